The summed E-state index contributed by atoms with van der Waals surface area (Å²) in [7, 11) is 0. The quantitative estimate of drug-likeness (QED) is 0.140. The van der Waals surface area contributed by atoms with Crippen LogP contribution in [0.1, 0.15) is 28.4 Å². The number of hydrazone groups is 1. The van der Waals surface area contributed by atoms with Crippen LogP contribution < -0.4 is 25.0 Å². The van der Waals surface area contributed by atoms with Crippen LogP contribution in [0.4, 0.5) is 5.69 Å². The highest BCUT2D eigenvalue weighted by atomic mass is 35.5. The fourth-order valence-corrected chi connectivity index (χ4v) is 4.26. The Balaban J connectivity index is 1.34. The number of amides is 2. The Labute approximate surface area is 247 Å². The van der Waals surface area contributed by atoms with Crippen LogP contribution in [0.3, 0.4) is 0 Å². The van der Waals surface area contributed by atoms with Crippen LogP contribution in [0.5, 0.6) is 17.2 Å². The molecule has 10 heteroatoms. The average Bonchev–Trinajstić information content (AvgIpc) is 2.97. The Bertz CT molecular complexity index is 1490. The zero-order valence-corrected chi connectivity index (χ0v) is 23.6. The first kappa shape index (κ1) is 29.5. The van der Waals surface area contributed by atoms with Gasteiger partial charge >= 0.3 is 0 Å². The zero-order valence-electron chi connectivity index (χ0n) is 22.1. The van der Waals surface area contributed by atoms with Gasteiger partial charge in [0.2, 0.25) is 0 Å². The number of rotatable bonds is 12. The largest absolute Gasteiger partial charge is 0.490 e. The molecule has 0 aromatic heterocycles. The lowest BCUT2D eigenvalue weighted by molar-refractivity contribution is -0.118. The summed E-state index contributed by atoms with van der Waals surface area (Å²) < 4.78 is 17.1. The maximum Gasteiger partial charge on any atom is 0.271 e. The summed E-state index contributed by atoms with van der Waals surface area (Å²) in [6.45, 7) is 2.35. The predicted molar refractivity (Wildman–Crippen MR) is 160 cm³/mol. The minimum absolute atomic E-state index is 0.163. The normalized spacial score (nSPS) is 10.7. The molecular weight excluding hydrogens is 565 g/mol. The number of hydrogen-bond donors (Lipinski definition) is 2. The van der Waals surface area contributed by atoms with E-state index in [2.05, 4.69) is 15.8 Å². The number of nitrogens with one attached hydrogen (secondary N) is 2. The fraction of sp³-hybridized carbons (Fsp3) is 0.129. The lowest BCUT2D eigenvalue weighted by atomic mass is 10.2. The molecule has 210 valence electrons. The second-order valence-electron chi connectivity index (χ2n) is 8.58. The average molecular weight is 592 g/mol. The van der Waals surface area contributed by atoms with Gasteiger partial charge < -0.3 is 19.5 Å². The molecule has 2 amide bonds. The molecule has 0 aliphatic carbocycles. The number of carbonyl (C=O) groups excluding carboxylic acids is 2. The van der Waals surface area contributed by atoms with E-state index < -0.39 is 5.91 Å². The van der Waals surface area contributed by atoms with Crippen molar-refractivity contribution in [2.45, 2.75) is 13.5 Å². The highest BCUT2D eigenvalue weighted by molar-refractivity contribution is 6.37. The van der Waals surface area contributed by atoms with E-state index in [9.17, 15) is 9.59 Å². The molecule has 0 atom stereocenters. The third-order valence-corrected chi connectivity index (χ3v) is 6.11. The number of hydrogen-bond acceptors (Lipinski definition) is 6. The topological polar surface area (TPSA) is 98.3 Å². The third-order valence-electron chi connectivity index (χ3n) is 5.55. The van der Waals surface area contributed by atoms with Gasteiger partial charge in [0, 0.05) is 11.3 Å². The Morgan fingerprint density at radius 3 is 2.20 bits per heavy atom. The van der Waals surface area contributed by atoms with Crippen LogP contribution in [0.25, 0.3) is 0 Å². The molecule has 4 aromatic carbocycles. The standard InChI is InChI=1S/C31H27Cl2N3O5/c1-2-39-28-17-23(13-14-27(28)40-19-21-9-5-3-6-10-21)31(38)36-34-18-22-15-25(32)30(26(33)16-22)41-20-29(37)35-24-11-7-4-8-12-24/h3-18H,2,19-20H2,1H3,(H,35,37)(H,36,38)/b34-18+. The van der Waals surface area contributed by atoms with Gasteiger partial charge in [0.25, 0.3) is 11.8 Å². The van der Waals surface area contributed by atoms with Crippen molar-refractivity contribution >= 4 is 46.9 Å². The lowest BCUT2D eigenvalue weighted by Gasteiger charge is -2.13. The van der Waals surface area contributed by atoms with Gasteiger partial charge in [-0.1, -0.05) is 71.7 Å². The lowest BCUT2D eigenvalue weighted by Crippen LogP contribution is -2.20. The monoisotopic (exact) mass is 591 g/mol. The molecule has 0 unspecified atom stereocenters. The summed E-state index contributed by atoms with van der Waals surface area (Å²) in [6, 6.07) is 26.8. The molecule has 4 rings (SSSR count). The number of carbonyl (C=O) groups is 2. The molecule has 8 nitrogen and oxygen atoms in total. The van der Waals surface area contributed by atoms with Crippen molar-refractivity contribution < 1.29 is 23.8 Å². The molecule has 2 N–H and O–H groups in total. The molecule has 0 aliphatic rings. The van der Waals surface area contributed by atoms with Crippen LogP contribution >= 0.6 is 23.2 Å². The fourth-order valence-electron chi connectivity index (χ4n) is 3.65. The van der Waals surface area contributed by atoms with Crippen LogP contribution in [0.15, 0.2) is 96.1 Å². The maximum absolute atomic E-state index is 12.7. The third kappa shape index (κ3) is 8.73. The number of ether oxygens (including phenoxy) is 3. The molecule has 0 fully saturated rings. The minimum Gasteiger partial charge on any atom is -0.490 e. The molecule has 0 saturated heterocycles. The summed E-state index contributed by atoms with van der Waals surface area (Å²) in [6.07, 6.45) is 1.39. The summed E-state index contributed by atoms with van der Waals surface area (Å²) in [5, 5.41) is 7.09. The van der Waals surface area contributed by atoms with Crippen LogP contribution in [0.2, 0.25) is 10.0 Å². The molecule has 4 aromatic rings. The predicted octanol–water partition coefficient (Wildman–Crippen LogP) is 6.75. The Hall–Kier alpha value is -4.53. The maximum atomic E-state index is 12.7. The van der Waals surface area contributed by atoms with Gasteiger partial charge in [0.05, 0.1) is 22.9 Å². The number of para-hydroxylation sites is 1. The zero-order chi connectivity index (χ0) is 29.0. The number of anilines is 1. The molecule has 0 heterocycles. The second-order valence-corrected chi connectivity index (χ2v) is 9.40. The highest BCUT2D eigenvalue weighted by Gasteiger charge is 2.14. The molecular formula is C31H27Cl2N3O5. The first-order valence-corrected chi connectivity index (χ1v) is 13.4. The summed E-state index contributed by atoms with van der Waals surface area (Å²) in [4.78, 5) is 24.9. The van der Waals surface area contributed by atoms with E-state index in [1.54, 1.807) is 42.5 Å². The van der Waals surface area contributed by atoms with E-state index in [0.717, 1.165) is 5.56 Å². The van der Waals surface area contributed by atoms with E-state index in [1.165, 1.54) is 6.21 Å². The van der Waals surface area contributed by atoms with Crippen molar-refractivity contribution in [2.24, 2.45) is 5.10 Å². The van der Waals surface area contributed by atoms with E-state index in [1.807, 2.05) is 55.5 Å². The smallest absolute Gasteiger partial charge is 0.271 e. The first-order valence-electron chi connectivity index (χ1n) is 12.7. The highest BCUT2D eigenvalue weighted by Crippen LogP contribution is 2.34. The van der Waals surface area contributed by atoms with Gasteiger partial charge in [-0.05, 0) is 60.5 Å². The van der Waals surface area contributed by atoms with E-state index in [4.69, 9.17) is 37.4 Å². The van der Waals surface area contributed by atoms with Gasteiger partial charge in [0.15, 0.2) is 23.9 Å². The van der Waals surface area contributed by atoms with Crippen LogP contribution in [-0.4, -0.2) is 31.2 Å². The Morgan fingerprint density at radius 2 is 1.51 bits per heavy atom. The number of benzene rings is 4. The van der Waals surface area contributed by atoms with Gasteiger partial charge in [-0.3, -0.25) is 9.59 Å². The van der Waals surface area contributed by atoms with Gasteiger partial charge in [-0.15, -0.1) is 0 Å². The van der Waals surface area contributed by atoms with Crippen molar-refractivity contribution in [3.8, 4) is 17.2 Å². The second kappa shape index (κ2) is 14.7. The van der Waals surface area contributed by atoms with Crippen LogP contribution in [-0.2, 0) is 11.4 Å². The van der Waals surface area contributed by atoms with E-state index in [0.29, 0.717) is 41.5 Å². The molecule has 0 aliphatic heterocycles. The molecule has 41 heavy (non-hydrogen) atoms. The summed E-state index contributed by atoms with van der Waals surface area (Å²) >= 11 is 12.7. The molecule has 0 radical (unpaired) electrons. The van der Waals surface area contributed by atoms with Crippen molar-refractivity contribution in [1.29, 1.82) is 0 Å². The van der Waals surface area contributed by atoms with E-state index in [-0.39, 0.29) is 28.3 Å². The Kier molecular flexibility index (Phi) is 10.6. The first-order chi connectivity index (χ1) is 19.9. The van der Waals surface area contributed by atoms with E-state index >= 15 is 0 Å². The van der Waals surface area contributed by atoms with Gasteiger partial charge in [-0.25, -0.2) is 5.43 Å². The SMILES string of the molecule is CCOc1cc(C(=O)N/N=C/c2cc(Cl)c(OCC(=O)Nc3ccccc3)c(Cl)c2)ccc1OCc1ccccc1. The minimum atomic E-state index is -0.446. The van der Waals surface area contributed by atoms with Gasteiger partial charge in [-0.2, -0.15) is 5.10 Å². The van der Waals surface area contributed by atoms with Crippen molar-refractivity contribution in [3.63, 3.8) is 0 Å². The Morgan fingerprint density at radius 1 is 0.829 bits per heavy atom. The van der Waals surface area contributed by atoms with Crippen molar-refractivity contribution in [1.82, 2.24) is 5.43 Å². The number of halogens is 2. The molecule has 0 bridgehead atoms. The van der Waals surface area contributed by atoms with Crippen molar-refractivity contribution in [2.75, 3.05) is 18.5 Å². The molecule has 0 spiro atoms. The summed E-state index contributed by atoms with van der Waals surface area (Å²) in [5.74, 6) is 0.334. The summed E-state index contributed by atoms with van der Waals surface area (Å²) in [5.41, 5.74) is 4.99. The van der Waals surface area contributed by atoms with Gasteiger partial charge in [0.1, 0.15) is 6.61 Å². The van der Waals surface area contributed by atoms with Crippen LogP contribution in [0, 0.1) is 0 Å². The van der Waals surface area contributed by atoms with Crippen molar-refractivity contribution in [3.05, 3.63) is 118 Å². The molecule has 0 saturated carbocycles. The number of nitrogens with zero attached hydrogens (tertiary/aromatic N) is 1.